The Hall–Kier alpha value is -2.61. The van der Waals surface area contributed by atoms with Crippen molar-refractivity contribution in [1.82, 2.24) is 14.4 Å². The summed E-state index contributed by atoms with van der Waals surface area (Å²) >= 11 is 6.02. The fourth-order valence-corrected chi connectivity index (χ4v) is 2.89. The number of nitrogens with zero attached hydrogens (tertiary/aromatic N) is 3. The highest BCUT2D eigenvalue weighted by Crippen LogP contribution is 2.34. The Kier molecular flexibility index (Phi) is 5.10. The number of hydrogen-bond donors (Lipinski definition) is 0. The Labute approximate surface area is 157 Å². The number of carbonyl (C=O) groups is 1. The normalized spacial score (nSPS) is 12.0. The van der Waals surface area contributed by atoms with E-state index >= 15 is 0 Å². The Morgan fingerprint density at radius 1 is 1.30 bits per heavy atom. The van der Waals surface area contributed by atoms with E-state index in [-0.39, 0.29) is 23.2 Å². The smallest absolute Gasteiger partial charge is 0.417 e. The number of alkyl halides is 3. The van der Waals surface area contributed by atoms with Crippen molar-refractivity contribution >= 4 is 23.2 Å². The number of aromatic nitrogens is 3. The number of esters is 1. The number of halogens is 4. The van der Waals surface area contributed by atoms with Crippen LogP contribution >= 0.6 is 11.6 Å². The second-order valence-electron chi connectivity index (χ2n) is 6.18. The van der Waals surface area contributed by atoms with Gasteiger partial charge in [-0.3, -0.25) is 9.38 Å². The lowest BCUT2D eigenvalue weighted by Gasteiger charge is -2.11. The molecule has 27 heavy (non-hydrogen) atoms. The lowest BCUT2D eigenvalue weighted by Crippen LogP contribution is -2.10. The van der Waals surface area contributed by atoms with Crippen LogP contribution in [0.3, 0.4) is 0 Å². The molecule has 0 aliphatic rings. The molecule has 9 heteroatoms. The van der Waals surface area contributed by atoms with Crippen molar-refractivity contribution in [3.05, 3.63) is 64.3 Å². The van der Waals surface area contributed by atoms with E-state index in [0.29, 0.717) is 17.0 Å². The predicted octanol–water partition coefficient (Wildman–Crippen LogP) is 4.88. The summed E-state index contributed by atoms with van der Waals surface area (Å²) in [5.74, 6) is -0.718. The molecule has 3 aromatic rings. The zero-order chi connectivity index (χ0) is 19.8. The van der Waals surface area contributed by atoms with Gasteiger partial charge in [0, 0.05) is 18.6 Å². The topological polar surface area (TPSA) is 56.5 Å². The number of carbonyl (C=O) groups excluding carboxylic acids is 1. The maximum Gasteiger partial charge on any atom is 0.417 e. The Bertz CT molecular complexity index is 985. The molecular weight excluding hydrogens is 383 g/mol. The number of pyridine rings is 2. The minimum atomic E-state index is -4.56. The number of hydrogen-bond acceptors (Lipinski definition) is 4. The molecule has 0 N–H and O–H groups in total. The summed E-state index contributed by atoms with van der Waals surface area (Å²) in [6.07, 6.45) is -0.764. The first-order valence-corrected chi connectivity index (χ1v) is 8.41. The van der Waals surface area contributed by atoms with Gasteiger partial charge in [0.05, 0.1) is 27.5 Å². The molecule has 3 rings (SSSR count). The summed E-state index contributed by atoms with van der Waals surface area (Å²) < 4.78 is 46.0. The molecule has 3 aromatic heterocycles. The summed E-state index contributed by atoms with van der Waals surface area (Å²) in [5, 5.41) is -0.126. The maximum atomic E-state index is 13.1. The minimum Gasteiger partial charge on any atom is -0.456 e. The van der Waals surface area contributed by atoms with Gasteiger partial charge in [0.25, 0.3) is 0 Å². The van der Waals surface area contributed by atoms with E-state index in [4.69, 9.17) is 16.3 Å². The predicted molar refractivity (Wildman–Crippen MR) is 92.6 cm³/mol. The van der Waals surface area contributed by atoms with E-state index < -0.39 is 17.7 Å². The van der Waals surface area contributed by atoms with Crippen LogP contribution in [0.25, 0.3) is 5.65 Å². The second-order valence-corrected chi connectivity index (χ2v) is 6.59. The van der Waals surface area contributed by atoms with Gasteiger partial charge in [0.2, 0.25) is 0 Å². The summed E-state index contributed by atoms with van der Waals surface area (Å²) in [5.41, 5.74) is 0.422. The molecule has 0 spiro atoms. The molecule has 0 saturated heterocycles. The van der Waals surface area contributed by atoms with Crippen molar-refractivity contribution in [2.75, 3.05) is 0 Å². The van der Waals surface area contributed by atoms with E-state index in [1.54, 1.807) is 0 Å². The minimum absolute atomic E-state index is 0.107. The fraction of sp³-hybridized carbons (Fsp3) is 0.278. The van der Waals surface area contributed by atoms with Gasteiger partial charge in [-0.25, -0.2) is 9.78 Å². The average molecular weight is 398 g/mol. The van der Waals surface area contributed by atoms with E-state index in [9.17, 15) is 18.0 Å². The van der Waals surface area contributed by atoms with E-state index in [1.807, 2.05) is 13.8 Å². The first-order valence-electron chi connectivity index (χ1n) is 8.03. The maximum absolute atomic E-state index is 13.1. The highest BCUT2D eigenvalue weighted by molar-refractivity contribution is 6.33. The second kappa shape index (κ2) is 7.19. The third-order valence-corrected chi connectivity index (χ3v) is 4.21. The molecule has 3 heterocycles. The van der Waals surface area contributed by atoms with Crippen molar-refractivity contribution < 1.29 is 22.7 Å². The van der Waals surface area contributed by atoms with Crippen LogP contribution in [0.4, 0.5) is 13.2 Å². The van der Waals surface area contributed by atoms with Crippen molar-refractivity contribution in [1.29, 1.82) is 0 Å². The first-order chi connectivity index (χ1) is 12.7. The molecule has 0 aliphatic carbocycles. The quantitative estimate of drug-likeness (QED) is 0.589. The third-order valence-electron chi connectivity index (χ3n) is 3.94. The Morgan fingerprint density at radius 2 is 1.96 bits per heavy atom. The standard InChI is InChI=1S/C18H15ClF3N3O2/c1-10(2)15-14(9-27-17(26)11-3-5-23-6-4-11)25-8-12(18(20,21)22)7-13(19)16(25)24-15/h3-8,10H,9H2,1-2H3. The molecule has 0 radical (unpaired) electrons. The van der Waals surface area contributed by atoms with Gasteiger partial charge in [-0.1, -0.05) is 25.4 Å². The first kappa shape index (κ1) is 19.2. The van der Waals surface area contributed by atoms with Gasteiger partial charge in [0.1, 0.15) is 6.61 Å². The lowest BCUT2D eigenvalue weighted by atomic mass is 10.1. The van der Waals surface area contributed by atoms with Crippen LogP contribution in [0.1, 0.15) is 47.1 Å². The molecule has 0 fully saturated rings. The van der Waals surface area contributed by atoms with Crippen LogP contribution in [-0.2, 0) is 17.5 Å². The summed E-state index contributed by atoms with van der Waals surface area (Å²) in [6.45, 7) is 3.44. The van der Waals surface area contributed by atoms with Crippen molar-refractivity contribution in [2.24, 2.45) is 0 Å². The molecule has 142 valence electrons. The van der Waals surface area contributed by atoms with E-state index in [0.717, 1.165) is 12.3 Å². The summed E-state index contributed by atoms with van der Waals surface area (Å²) in [7, 11) is 0. The van der Waals surface area contributed by atoms with Gasteiger partial charge in [-0.2, -0.15) is 13.2 Å². The van der Waals surface area contributed by atoms with Crippen LogP contribution in [0, 0.1) is 0 Å². The molecule has 0 bridgehead atoms. The van der Waals surface area contributed by atoms with Gasteiger partial charge in [0.15, 0.2) is 5.65 Å². The van der Waals surface area contributed by atoms with Crippen LogP contribution < -0.4 is 0 Å². The van der Waals surface area contributed by atoms with Crippen LogP contribution in [0.15, 0.2) is 36.8 Å². The molecule has 0 atom stereocenters. The van der Waals surface area contributed by atoms with Gasteiger partial charge >= 0.3 is 12.1 Å². The van der Waals surface area contributed by atoms with Crippen molar-refractivity contribution in [3.63, 3.8) is 0 Å². The zero-order valence-corrected chi connectivity index (χ0v) is 15.2. The SMILES string of the molecule is CC(C)c1nc2c(Cl)cc(C(F)(F)F)cn2c1COC(=O)c1ccncc1. The highest BCUT2D eigenvalue weighted by Gasteiger charge is 2.32. The average Bonchev–Trinajstić information content (AvgIpc) is 2.99. The van der Waals surface area contributed by atoms with Gasteiger partial charge in [-0.05, 0) is 24.1 Å². The summed E-state index contributed by atoms with van der Waals surface area (Å²) in [4.78, 5) is 20.3. The monoisotopic (exact) mass is 397 g/mol. The zero-order valence-electron chi connectivity index (χ0n) is 14.4. The lowest BCUT2D eigenvalue weighted by molar-refractivity contribution is -0.137. The van der Waals surface area contributed by atoms with Gasteiger partial charge < -0.3 is 4.74 Å². The highest BCUT2D eigenvalue weighted by atomic mass is 35.5. The number of rotatable bonds is 4. The van der Waals surface area contributed by atoms with Crippen molar-refractivity contribution in [3.8, 4) is 0 Å². The van der Waals surface area contributed by atoms with Gasteiger partial charge in [-0.15, -0.1) is 0 Å². The molecule has 5 nitrogen and oxygen atoms in total. The molecule has 0 unspecified atom stereocenters. The van der Waals surface area contributed by atoms with Crippen molar-refractivity contribution in [2.45, 2.75) is 32.5 Å². The van der Waals surface area contributed by atoms with Crippen LogP contribution in [0.2, 0.25) is 5.02 Å². The molecule has 0 aromatic carbocycles. The Morgan fingerprint density at radius 3 is 2.56 bits per heavy atom. The third kappa shape index (κ3) is 3.90. The number of ether oxygens (including phenoxy) is 1. The van der Waals surface area contributed by atoms with Crippen LogP contribution in [-0.4, -0.2) is 20.3 Å². The van der Waals surface area contributed by atoms with Crippen LogP contribution in [0.5, 0.6) is 0 Å². The number of imidazole rings is 1. The number of fused-ring (bicyclic) bond motifs is 1. The molecule has 0 amide bonds. The molecule has 0 saturated carbocycles. The molecule has 0 aliphatic heterocycles. The molecular formula is C18H15ClF3N3O2. The summed E-state index contributed by atoms with van der Waals surface area (Å²) in [6, 6.07) is 3.80. The van der Waals surface area contributed by atoms with E-state index in [2.05, 4.69) is 9.97 Å². The fourth-order valence-electron chi connectivity index (χ4n) is 2.63. The largest absolute Gasteiger partial charge is 0.456 e. The van der Waals surface area contributed by atoms with E-state index in [1.165, 1.54) is 28.9 Å². The Balaban J connectivity index is 2.03.